The molecule has 26 heavy (non-hydrogen) atoms. The lowest BCUT2D eigenvalue weighted by atomic mass is 10.1. The molecule has 0 fully saturated rings. The van der Waals surface area contributed by atoms with E-state index in [1.54, 1.807) is 11.0 Å². The number of hydrogen-bond acceptors (Lipinski definition) is 5. The summed E-state index contributed by atoms with van der Waals surface area (Å²) in [6.45, 7) is 0.442. The van der Waals surface area contributed by atoms with Crippen molar-refractivity contribution in [2.75, 3.05) is 6.54 Å². The van der Waals surface area contributed by atoms with E-state index in [4.69, 9.17) is 11.5 Å². The zero-order valence-corrected chi connectivity index (χ0v) is 13.8. The monoisotopic (exact) mass is 361 g/mol. The van der Waals surface area contributed by atoms with Crippen LogP contribution in [0.4, 0.5) is 13.2 Å². The van der Waals surface area contributed by atoms with Crippen molar-refractivity contribution in [2.24, 2.45) is 21.5 Å². The Labute approximate surface area is 148 Å². The van der Waals surface area contributed by atoms with Gasteiger partial charge in [0, 0.05) is 6.54 Å². The fourth-order valence-corrected chi connectivity index (χ4v) is 2.79. The molecule has 1 heterocycles. The molecule has 2 aromatic carbocycles. The van der Waals surface area contributed by atoms with Crippen LogP contribution in [0.1, 0.15) is 22.9 Å². The minimum absolute atomic E-state index is 0.0547. The van der Waals surface area contributed by atoms with Gasteiger partial charge in [0.25, 0.3) is 0 Å². The summed E-state index contributed by atoms with van der Waals surface area (Å²) in [5.74, 6) is 0.0803. The Morgan fingerprint density at radius 1 is 1.00 bits per heavy atom. The minimum atomic E-state index is -4.44. The zero-order valence-electron chi connectivity index (χ0n) is 13.8. The predicted octanol–water partition coefficient (Wildman–Crippen LogP) is 2.89. The average molecular weight is 361 g/mol. The van der Waals surface area contributed by atoms with Crippen LogP contribution in [0.3, 0.4) is 0 Å². The van der Waals surface area contributed by atoms with Crippen molar-refractivity contribution in [3.63, 3.8) is 0 Å². The Hall–Kier alpha value is -3.03. The molecule has 136 valence electrons. The lowest BCUT2D eigenvalue weighted by Crippen LogP contribution is -2.45. The van der Waals surface area contributed by atoms with E-state index in [2.05, 4.69) is 9.98 Å². The van der Waals surface area contributed by atoms with Crippen molar-refractivity contribution in [3.8, 4) is 0 Å². The van der Waals surface area contributed by atoms with E-state index in [9.17, 15) is 13.2 Å². The van der Waals surface area contributed by atoms with Gasteiger partial charge in [-0.1, -0.05) is 42.5 Å². The first kappa shape index (κ1) is 17.8. The number of benzene rings is 2. The van der Waals surface area contributed by atoms with Gasteiger partial charge < -0.3 is 16.4 Å². The molecule has 8 heteroatoms. The first-order valence-corrected chi connectivity index (χ1v) is 8.00. The van der Waals surface area contributed by atoms with E-state index in [0.29, 0.717) is 18.5 Å². The molecule has 0 spiro atoms. The fraction of sp³-hybridized carbons (Fsp3) is 0.222. The molecule has 0 saturated heterocycles. The maximum absolute atomic E-state index is 13.0. The van der Waals surface area contributed by atoms with Gasteiger partial charge in [0.1, 0.15) is 0 Å². The summed E-state index contributed by atoms with van der Waals surface area (Å²) in [4.78, 5) is 9.81. The standard InChI is InChI=1S/C18H18F3N5/c19-18(20,21)14-8-4-7-13(11-14)15-24-16(22)25-17(23)26(15)10-9-12-5-2-1-3-6-12/h1-8,11,15H,9-10H2,(H4,22,23,24,25). The van der Waals surface area contributed by atoms with Crippen LogP contribution in [-0.2, 0) is 12.6 Å². The molecule has 1 unspecified atom stereocenters. The van der Waals surface area contributed by atoms with Crippen molar-refractivity contribution < 1.29 is 13.2 Å². The molecule has 0 aromatic heterocycles. The highest BCUT2D eigenvalue weighted by Crippen LogP contribution is 2.33. The van der Waals surface area contributed by atoms with Crippen molar-refractivity contribution in [3.05, 3.63) is 71.3 Å². The first-order chi connectivity index (χ1) is 12.3. The summed E-state index contributed by atoms with van der Waals surface area (Å²) < 4.78 is 39.1. The maximum Gasteiger partial charge on any atom is 0.416 e. The highest BCUT2D eigenvalue weighted by molar-refractivity contribution is 5.95. The van der Waals surface area contributed by atoms with Crippen LogP contribution in [0.25, 0.3) is 0 Å². The molecule has 0 aliphatic carbocycles. The molecule has 0 saturated carbocycles. The van der Waals surface area contributed by atoms with E-state index in [-0.39, 0.29) is 11.9 Å². The Morgan fingerprint density at radius 3 is 2.42 bits per heavy atom. The number of aliphatic imine (C=N–C) groups is 2. The van der Waals surface area contributed by atoms with E-state index >= 15 is 0 Å². The molecular weight excluding hydrogens is 343 g/mol. The number of alkyl halides is 3. The van der Waals surface area contributed by atoms with Gasteiger partial charge in [-0.15, -0.1) is 0 Å². The lowest BCUT2D eigenvalue weighted by molar-refractivity contribution is -0.137. The van der Waals surface area contributed by atoms with Gasteiger partial charge in [0.05, 0.1) is 5.56 Å². The largest absolute Gasteiger partial charge is 0.416 e. The highest BCUT2D eigenvalue weighted by atomic mass is 19.4. The molecule has 1 aliphatic rings. The van der Waals surface area contributed by atoms with Crippen molar-refractivity contribution >= 4 is 11.9 Å². The fourth-order valence-electron chi connectivity index (χ4n) is 2.79. The first-order valence-electron chi connectivity index (χ1n) is 8.00. The van der Waals surface area contributed by atoms with Crippen LogP contribution in [0, 0.1) is 0 Å². The van der Waals surface area contributed by atoms with Crippen LogP contribution >= 0.6 is 0 Å². The van der Waals surface area contributed by atoms with Gasteiger partial charge in [-0.2, -0.15) is 18.2 Å². The van der Waals surface area contributed by atoms with E-state index in [1.165, 1.54) is 6.07 Å². The number of nitrogens with zero attached hydrogens (tertiary/aromatic N) is 3. The summed E-state index contributed by atoms with van der Waals surface area (Å²) in [6.07, 6.45) is -4.55. The Morgan fingerprint density at radius 2 is 1.73 bits per heavy atom. The van der Waals surface area contributed by atoms with Gasteiger partial charge in [-0.25, -0.2) is 4.99 Å². The molecule has 1 atom stereocenters. The second-order valence-electron chi connectivity index (χ2n) is 5.88. The molecule has 0 radical (unpaired) electrons. The summed E-state index contributed by atoms with van der Waals surface area (Å²) in [5.41, 5.74) is 12.3. The van der Waals surface area contributed by atoms with Crippen LogP contribution in [0.2, 0.25) is 0 Å². The smallest absolute Gasteiger partial charge is 0.369 e. The van der Waals surface area contributed by atoms with Crippen LogP contribution in [-0.4, -0.2) is 23.4 Å². The normalized spacial score (nSPS) is 17.7. The Kier molecular flexibility index (Phi) is 4.83. The Bertz CT molecular complexity index is 830. The summed E-state index contributed by atoms with van der Waals surface area (Å²) in [7, 11) is 0. The predicted molar refractivity (Wildman–Crippen MR) is 94.3 cm³/mol. The molecule has 4 N–H and O–H groups in total. The van der Waals surface area contributed by atoms with Gasteiger partial charge in [0.2, 0.25) is 11.9 Å². The van der Waals surface area contributed by atoms with Crippen molar-refractivity contribution in [1.29, 1.82) is 0 Å². The van der Waals surface area contributed by atoms with Gasteiger partial charge in [0.15, 0.2) is 6.17 Å². The summed E-state index contributed by atoms with van der Waals surface area (Å²) >= 11 is 0. The van der Waals surface area contributed by atoms with Gasteiger partial charge in [-0.05, 0) is 29.7 Å². The van der Waals surface area contributed by atoms with Gasteiger partial charge in [-0.3, -0.25) is 0 Å². The van der Waals surface area contributed by atoms with E-state index in [0.717, 1.165) is 17.7 Å². The Balaban J connectivity index is 1.88. The van der Waals surface area contributed by atoms with E-state index in [1.807, 2.05) is 30.3 Å². The summed E-state index contributed by atoms with van der Waals surface area (Å²) in [6, 6.07) is 14.7. The SMILES string of the molecule is NC1=NC(c2cccc(C(F)(F)F)c2)N(CCc2ccccc2)C(N)=N1. The highest BCUT2D eigenvalue weighted by Gasteiger charge is 2.32. The third-order valence-electron chi connectivity index (χ3n) is 4.07. The summed E-state index contributed by atoms with van der Waals surface area (Å²) in [5, 5.41) is 0. The van der Waals surface area contributed by atoms with Crippen molar-refractivity contribution in [1.82, 2.24) is 4.90 Å². The van der Waals surface area contributed by atoms with Crippen LogP contribution in [0.15, 0.2) is 64.6 Å². The molecule has 0 bridgehead atoms. The molecule has 3 rings (SSSR count). The molecule has 1 aliphatic heterocycles. The number of rotatable bonds is 4. The lowest BCUT2D eigenvalue weighted by Gasteiger charge is -2.33. The third kappa shape index (κ3) is 3.96. The molecule has 0 amide bonds. The molecule has 5 nitrogen and oxygen atoms in total. The number of halogens is 3. The quantitative estimate of drug-likeness (QED) is 0.879. The van der Waals surface area contributed by atoms with E-state index < -0.39 is 17.9 Å². The maximum atomic E-state index is 13.0. The van der Waals surface area contributed by atoms with Crippen molar-refractivity contribution in [2.45, 2.75) is 18.8 Å². The second-order valence-corrected chi connectivity index (χ2v) is 5.88. The number of guanidine groups is 2. The van der Waals surface area contributed by atoms with Crippen LogP contribution in [0.5, 0.6) is 0 Å². The number of nitrogens with two attached hydrogens (primary N) is 2. The average Bonchev–Trinajstić information content (AvgIpc) is 2.60. The number of hydrogen-bond donors (Lipinski definition) is 2. The second kappa shape index (κ2) is 7.07. The molecule has 2 aromatic rings. The minimum Gasteiger partial charge on any atom is -0.369 e. The zero-order chi connectivity index (χ0) is 18.7. The topological polar surface area (TPSA) is 80.0 Å². The van der Waals surface area contributed by atoms with Crippen LogP contribution < -0.4 is 11.5 Å². The third-order valence-corrected chi connectivity index (χ3v) is 4.07. The molecular formula is C18H18F3N5. The van der Waals surface area contributed by atoms with Gasteiger partial charge >= 0.3 is 6.18 Å².